The van der Waals surface area contributed by atoms with Gasteiger partial charge in [-0.15, -0.1) is 11.6 Å². The molecule has 1 spiro atoms. The lowest BCUT2D eigenvalue weighted by atomic mass is 9.88. The van der Waals surface area contributed by atoms with E-state index in [0.717, 1.165) is 22.0 Å². The second kappa shape index (κ2) is 2.98. The summed E-state index contributed by atoms with van der Waals surface area (Å²) in [4.78, 5) is 11.6. The van der Waals surface area contributed by atoms with Crippen LogP contribution in [0, 0.1) is 0 Å². The molecular weight excluding hydrogens is 277 g/mol. The zero-order chi connectivity index (χ0) is 10.6. The molecule has 1 aliphatic heterocycles. The summed E-state index contributed by atoms with van der Waals surface area (Å²) in [6, 6.07) is 5.77. The minimum absolute atomic E-state index is 0.00538. The molecule has 0 aromatic heterocycles. The molecule has 1 N–H and O–H groups in total. The van der Waals surface area contributed by atoms with Gasteiger partial charge in [-0.1, -0.05) is 15.9 Å². The lowest BCUT2D eigenvalue weighted by Crippen LogP contribution is -2.40. The highest BCUT2D eigenvalue weighted by atomic mass is 79.9. The van der Waals surface area contributed by atoms with E-state index in [9.17, 15) is 4.79 Å². The molecule has 1 aromatic carbocycles. The Morgan fingerprint density at radius 2 is 2.27 bits per heavy atom. The number of carbonyl (C=O) groups excluding carboxylic acids is 1. The predicted octanol–water partition coefficient (Wildman–Crippen LogP) is 2.44. The van der Waals surface area contributed by atoms with Gasteiger partial charge >= 0.3 is 0 Å². The first-order valence-corrected chi connectivity index (χ1v) is 6.09. The average Bonchev–Trinajstić information content (AvgIpc) is 2.85. The Labute approximate surface area is 101 Å². The van der Waals surface area contributed by atoms with Crippen molar-refractivity contribution >= 4 is 33.4 Å². The molecule has 0 bridgehead atoms. The van der Waals surface area contributed by atoms with Gasteiger partial charge in [-0.3, -0.25) is 4.79 Å². The number of fused-ring (bicyclic) bond motifs is 2. The molecule has 15 heavy (non-hydrogen) atoms. The van der Waals surface area contributed by atoms with Crippen molar-refractivity contribution in [3.63, 3.8) is 0 Å². The standard InChI is InChI=1S/C11H9BrClNO/c12-6-1-2-7-8(3-6)11(4-9(11)13)5-14-10(7)15/h1-3,9H,4-5H2,(H,14,15)/t9-,11+/m0/s1. The molecule has 2 aliphatic rings. The van der Waals surface area contributed by atoms with Crippen molar-refractivity contribution in [1.82, 2.24) is 5.32 Å². The third-order valence-electron chi connectivity index (χ3n) is 3.31. The number of halogens is 2. The zero-order valence-electron chi connectivity index (χ0n) is 7.89. The fourth-order valence-corrected chi connectivity index (χ4v) is 3.11. The maximum absolute atomic E-state index is 11.6. The van der Waals surface area contributed by atoms with E-state index in [1.165, 1.54) is 0 Å². The van der Waals surface area contributed by atoms with Gasteiger partial charge in [0.15, 0.2) is 0 Å². The highest BCUT2D eigenvalue weighted by Crippen LogP contribution is 2.54. The van der Waals surface area contributed by atoms with Crippen LogP contribution in [-0.4, -0.2) is 17.8 Å². The second-order valence-electron chi connectivity index (χ2n) is 4.20. The Morgan fingerprint density at radius 1 is 1.53 bits per heavy atom. The van der Waals surface area contributed by atoms with Gasteiger partial charge in [-0.05, 0) is 30.2 Å². The van der Waals surface area contributed by atoms with E-state index in [1.54, 1.807) is 0 Å². The van der Waals surface area contributed by atoms with Crippen LogP contribution in [0.3, 0.4) is 0 Å². The van der Waals surface area contributed by atoms with Crippen molar-refractivity contribution in [3.8, 4) is 0 Å². The number of rotatable bonds is 0. The van der Waals surface area contributed by atoms with Crippen LogP contribution in [0.5, 0.6) is 0 Å². The van der Waals surface area contributed by atoms with Crippen LogP contribution >= 0.6 is 27.5 Å². The highest BCUT2D eigenvalue weighted by molar-refractivity contribution is 9.10. The normalized spacial score (nSPS) is 32.4. The Kier molecular flexibility index (Phi) is 1.92. The third-order valence-corrected chi connectivity index (χ3v) is 4.38. The molecule has 2 nitrogen and oxygen atoms in total. The maximum atomic E-state index is 11.6. The molecule has 1 amide bonds. The fraction of sp³-hybridized carbons (Fsp3) is 0.364. The number of benzene rings is 1. The summed E-state index contributed by atoms with van der Waals surface area (Å²) in [6.07, 6.45) is 0.957. The minimum atomic E-state index is -0.00538. The van der Waals surface area contributed by atoms with Gasteiger partial charge < -0.3 is 5.32 Å². The number of nitrogens with one attached hydrogen (secondary N) is 1. The first-order chi connectivity index (χ1) is 7.13. The van der Waals surface area contributed by atoms with E-state index >= 15 is 0 Å². The molecule has 1 aromatic rings. The minimum Gasteiger partial charge on any atom is -0.351 e. The lowest BCUT2D eigenvalue weighted by molar-refractivity contribution is 0.0937. The quantitative estimate of drug-likeness (QED) is 0.729. The van der Waals surface area contributed by atoms with Crippen molar-refractivity contribution in [2.24, 2.45) is 0 Å². The smallest absolute Gasteiger partial charge is 0.251 e. The summed E-state index contributed by atoms with van der Waals surface area (Å²) in [5.41, 5.74) is 1.86. The number of amides is 1. The molecule has 1 heterocycles. The van der Waals surface area contributed by atoms with Crippen molar-refractivity contribution in [1.29, 1.82) is 0 Å². The summed E-state index contributed by atoms with van der Waals surface area (Å²) in [7, 11) is 0. The average molecular weight is 287 g/mol. The van der Waals surface area contributed by atoms with E-state index in [2.05, 4.69) is 21.2 Å². The monoisotopic (exact) mass is 285 g/mol. The number of hydrogen-bond donors (Lipinski definition) is 1. The van der Waals surface area contributed by atoms with E-state index in [1.807, 2.05) is 18.2 Å². The summed E-state index contributed by atoms with van der Waals surface area (Å²) in [5.74, 6) is 0.0129. The first-order valence-electron chi connectivity index (χ1n) is 4.86. The van der Waals surface area contributed by atoms with Crippen molar-refractivity contribution in [2.75, 3.05) is 6.54 Å². The van der Waals surface area contributed by atoms with Gasteiger partial charge in [0.1, 0.15) is 0 Å². The SMILES string of the molecule is O=C1NC[C@]2(C[C@@H]2Cl)c2cc(Br)ccc21. The molecule has 78 valence electrons. The van der Waals surface area contributed by atoms with Gasteiger partial charge in [-0.25, -0.2) is 0 Å². The molecule has 4 heteroatoms. The largest absolute Gasteiger partial charge is 0.351 e. The van der Waals surface area contributed by atoms with Crippen LogP contribution < -0.4 is 5.32 Å². The molecule has 1 fully saturated rings. The number of carbonyl (C=O) groups is 1. The second-order valence-corrected chi connectivity index (χ2v) is 5.64. The van der Waals surface area contributed by atoms with E-state index in [-0.39, 0.29) is 16.7 Å². The molecule has 1 saturated carbocycles. The molecule has 0 unspecified atom stereocenters. The van der Waals surface area contributed by atoms with E-state index in [0.29, 0.717) is 6.54 Å². The molecule has 0 saturated heterocycles. The molecular formula is C11H9BrClNO. The Bertz CT molecular complexity index is 462. The Hall–Kier alpha value is -0.540. The van der Waals surface area contributed by atoms with Crippen LogP contribution in [0.2, 0.25) is 0 Å². The van der Waals surface area contributed by atoms with Crippen molar-refractivity contribution in [2.45, 2.75) is 17.2 Å². The Balaban J connectivity index is 2.20. The molecule has 1 aliphatic carbocycles. The molecule has 0 radical (unpaired) electrons. The Morgan fingerprint density at radius 3 is 2.93 bits per heavy atom. The van der Waals surface area contributed by atoms with E-state index in [4.69, 9.17) is 11.6 Å². The fourth-order valence-electron chi connectivity index (χ4n) is 2.28. The van der Waals surface area contributed by atoms with Crippen molar-refractivity contribution < 1.29 is 4.79 Å². The number of hydrogen-bond acceptors (Lipinski definition) is 1. The third kappa shape index (κ3) is 1.26. The molecule has 2 atom stereocenters. The predicted molar refractivity (Wildman–Crippen MR) is 62.4 cm³/mol. The van der Waals surface area contributed by atoms with Gasteiger partial charge in [0.2, 0.25) is 0 Å². The first kappa shape index (κ1) is 9.67. The zero-order valence-corrected chi connectivity index (χ0v) is 10.2. The van der Waals surface area contributed by atoms with Crippen molar-refractivity contribution in [3.05, 3.63) is 33.8 Å². The highest BCUT2D eigenvalue weighted by Gasteiger charge is 2.57. The van der Waals surface area contributed by atoms with Gasteiger partial charge in [-0.2, -0.15) is 0 Å². The molecule has 3 rings (SSSR count). The summed E-state index contributed by atoms with van der Waals surface area (Å²) >= 11 is 9.62. The van der Waals surface area contributed by atoms with Crippen LogP contribution in [0.15, 0.2) is 22.7 Å². The summed E-state index contributed by atoms with van der Waals surface area (Å²) < 4.78 is 1.01. The van der Waals surface area contributed by atoms with E-state index < -0.39 is 0 Å². The van der Waals surface area contributed by atoms with Crippen LogP contribution in [-0.2, 0) is 5.41 Å². The van der Waals surface area contributed by atoms with Gasteiger partial charge in [0.25, 0.3) is 5.91 Å². The summed E-state index contributed by atoms with van der Waals surface area (Å²) in [6.45, 7) is 0.670. The topological polar surface area (TPSA) is 29.1 Å². The van der Waals surface area contributed by atoms with Crippen LogP contribution in [0.4, 0.5) is 0 Å². The summed E-state index contributed by atoms with van der Waals surface area (Å²) in [5, 5.41) is 3.06. The van der Waals surface area contributed by atoms with Gasteiger partial charge in [0, 0.05) is 27.4 Å². The maximum Gasteiger partial charge on any atom is 0.251 e. The number of alkyl halides is 1. The van der Waals surface area contributed by atoms with Gasteiger partial charge in [0.05, 0.1) is 0 Å². The van der Waals surface area contributed by atoms with Crippen LogP contribution in [0.1, 0.15) is 22.3 Å². The lowest BCUT2D eigenvalue weighted by Gasteiger charge is -2.26. The van der Waals surface area contributed by atoms with Crippen LogP contribution in [0.25, 0.3) is 0 Å².